The highest BCUT2D eigenvalue weighted by Gasteiger charge is 2.54. The number of aliphatic hydroxyl groups is 2. The number of fused-ring (bicyclic) bond motifs is 2. The van der Waals surface area contributed by atoms with Crippen molar-refractivity contribution in [2.45, 2.75) is 57.5 Å². The minimum absolute atomic E-state index is 0.0300. The fourth-order valence-corrected chi connectivity index (χ4v) is 7.45. The smallest absolute Gasteiger partial charge is 0.395 e. The van der Waals surface area contributed by atoms with E-state index in [9.17, 15) is 28.7 Å². The fraction of sp³-hybridized carbons (Fsp3) is 0.353. The molecule has 0 saturated carbocycles. The monoisotopic (exact) mass is 866 g/mol. The zero-order valence-electron chi connectivity index (χ0n) is 28.6. The number of rotatable bonds is 12. The molecule has 1 aliphatic rings. The maximum absolute atomic E-state index is 14.1. The Morgan fingerprint density at radius 3 is 2.66 bits per heavy atom. The lowest BCUT2D eigenvalue weighted by Gasteiger charge is -2.27. The van der Waals surface area contributed by atoms with Gasteiger partial charge in [-0.2, -0.15) is 9.97 Å². The second-order valence-electron chi connectivity index (χ2n) is 12.6. The largest absolute Gasteiger partial charge is 0.575 e. The van der Waals surface area contributed by atoms with Crippen LogP contribution in [0.15, 0.2) is 59.3 Å². The lowest BCUT2D eigenvalue weighted by atomic mass is 9.96. The van der Waals surface area contributed by atoms with E-state index in [-0.39, 0.29) is 46.7 Å². The van der Waals surface area contributed by atoms with Gasteiger partial charge in [0.1, 0.15) is 42.7 Å². The van der Waals surface area contributed by atoms with Gasteiger partial charge < -0.3 is 39.8 Å². The molecular formula is C34H34F2IN6O9P. The molecule has 53 heavy (non-hydrogen) atoms. The average Bonchev–Trinajstić information content (AvgIpc) is 3.55. The third-order valence-corrected chi connectivity index (χ3v) is 10.1. The zero-order valence-corrected chi connectivity index (χ0v) is 31.7. The predicted molar refractivity (Wildman–Crippen MR) is 194 cm³/mol. The van der Waals surface area contributed by atoms with Crippen molar-refractivity contribution in [3.05, 3.63) is 75.6 Å². The number of aromatic nitrogens is 4. The van der Waals surface area contributed by atoms with E-state index in [4.69, 9.17) is 29.2 Å². The summed E-state index contributed by atoms with van der Waals surface area (Å²) in [4.78, 5) is 39.2. The van der Waals surface area contributed by atoms with Gasteiger partial charge in [-0.05, 0) is 36.4 Å². The van der Waals surface area contributed by atoms with Gasteiger partial charge in [0.15, 0.2) is 33.0 Å². The maximum atomic E-state index is 14.1. The molecule has 19 heteroatoms. The van der Waals surface area contributed by atoms with Crippen LogP contribution in [0.1, 0.15) is 32.6 Å². The van der Waals surface area contributed by atoms with Crippen molar-refractivity contribution in [1.82, 2.24) is 19.5 Å². The Labute approximate surface area is 315 Å². The minimum atomic E-state index is -2.92. The Hall–Kier alpha value is -4.33. The van der Waals surface area contributed by atoms with Crippen LogP contribution in [-0.4, -0.2) is 73.3 Å². The molecule has 3 heterocycles. The summed E-state index contributed by atoms with van der Waals surface area (Å²) in [5.74, 6) is -2.88. The van der Waals surface area contributed by atoms with Crippen LogP contribution in [0.4, 0.5) is 14.7 Å². The predicted octanol–water partition coefficient (Wildman–Crippen LogP) is 4.54. The third kappa shape index (κ3) is 7.83. The van der Waals surface area contributed by atoms with Gasteiger partial charge in [-0.25, -0.2) is 18.6 Å². The van der Waals surface area contributed by atoms with Gasteiger partial charge in [-0.15, -0.1) is 0 Å². The van der Waals surface area contributed by atoms with Crippen molar-refractivity contribution in [1.29, 1.82) is 0 Å². The van der Waals surface area contributed by atoms with Crippen molar-refractivity contribution in [3.8, 4) is 17.4 Å². The summed E-state index contributed by atoms with van der Waals surface area (Å²) < 4.78 is 62.0. The molecule has 2 aromatic heterocycles. The third-order valence-electron chi connectivity index (χ3n) is 8.56. The van der Waals surface area contributed by atoms with Gasteiger partial charge in [-0.1, -0.05) is 48.9 Å². The molecule has 5 aromatic rings. The first-order valence-corrected chi connectivity index (χ1v) is 18.3. The van der Waals surface area contributed by atoms with Gasteiger partial charge >= 0.3 is 14.1 Å². The van der Waals surface area contributed by atoms with Crippen LogP contribution in [-0.2, 0) is 20.9 Å². The molecule has 1 aliphatic heterocycles. The molecule has 4 N–H and O–H groups in total. The van der Waals surface area contributed by atoms with Crippen LogP contribution in [0.2, 0.25) is 0 Å². The van der Waals surface area contributed by atoms with Gasteiger partial charge in [0, 0.05) is 39.6 Å². The molecule has 1 fully saturated rings. The van der Waals surface area contributed by atoms with Crippen LogP contribution in [0.5, 0.6) is 17.4 Å². The molecular weight excluding hydrogens is 832 g/mol. The van der Waals surface area contributed by atoms with Gasteiger partial charge in [0.05, 0.1) is 7.11 Å². The molecule has 0 radical (unpaired) electrons. The number of carbonyl (C=O) groups excluding carboxylic acids is 1. The first kappa shape index (κ1) is 38.4. The van der Waals surface area contributed by atoms with E-state index in [1.165, 1.54) is 18.6 Å². The van der Waals surface area contributed by atoms with E-state index in [1.54, 1.807) is 50.2 Å². The SMILES string of the molecule is COc1nc(N)nc2c1nc(I)n2[C@@H]1O[C@H](COc2ccc3ccccc3c2O/[P+]([O-])=N/[C@H](C(=O)OCc2ccc(F)cc2F)C(C)C)[C@@H](O)[C@@]1(C)O. The summed E-state index contributed by atoms with van der Waals surface area (Å²) in [5, 5.41) is 24.0. The number of nitrogens with zero attached hydrogens (tertiary/aromatic N) is 5. The number of esters is 1. The second-order valence-corrected chi connectivity index (χ2v) is 14.5. The van der Waals surface area contributed by atoms with Crippen molar-refractivity contribution in [3.63, 3.8) is 0 Å². The molecule has 3 aromatic carbocycles. The number of aliphatic hydroxyl groups excluding tert-OH is 1. The van der Waals surface area contributed by atoms with Crippen LogP contribution >= 0.6 is 30.8 Å². The zero-order chi connectivity index (χ0) is 38.2. The highest BCUT2D eigenvalue weighted by Crippen LogP contribution is 2.44. The molecule has 0 spiro atoms. The molecule has 6 rings (SSSR count). The Bertz CT molecular complexity index is 2210. The molecule has 0 bridgehead atoms. The highest BCUT2D eigenvalue weighted by molar-refractivity contribution is 14.1. The van der Waals surface area contributed by atoms with E-state index < -0.39 is 68.4 Å². The lowest BCUT2D eigenvalue weighted by molar-refractivity contribution is -0.170. The molecule has 0 aliphatic carbocycles. The Balaban J connectivity index is 1.23. The van der Waals surface area contributed by atoms with E-state index in [0.717, 1.165) is 12.1 Å². The molecule has 6 atom stereocenters. The maximum Gasteiger partial charge on any atom is 0.395 e. The van der Waals surface area contributed by atoms with Gasteiger partial charge in [0.25, 0.3) is 0 Å². The lowest BCUT2D eigenvalue weighted by Crippen LogP contribution is -2.45. The van der Waals surface area contributed by atoms with Crippen molar-refractivity contribution in [2.24, 2.45) is 10.7 Å². The topological polar surface area (TPSA) is 209 Å². The number of anilines is 1. The van der Waals surface area contributed by atoms with E-state index in [2.05, 4.69) is 19.7 Å². The molecule has 280 valence electrons. The van der Waals surface area contributed by atoms with E-state index in [0.29, 0.717) is 20.7 Å². The second kappa shape index (κ2) is 15.6. The summed E-state index contributed by atoms with van der Waals surface area (Å²) in [6.07, 6.45) is -3.78. The van der Waals surface area contributed by atoms with Gasteiger partial charge in [-0.3, -0.25) is 9.09 Å². The highest BCUT2D eigenvalue weighted by atomic mass is 127. The van der Waals surface area contributed by atoms with Crippen molar-refractivity contribution >= 4 is 64.6 Å². The fourth-order valence-electron chi connectivity index (χ4n) is 5.77. The van der Waals surface area contributed by atoms with Crippen LogP contribution in [0, 0.1) is 21.4 Å². The van der Waals surface area contributed by atoms with Crippen LogP contribution in [0.25, 0.3) is 21.9 Å². The Morgan fingerprint density at radius 2 is 1.94 bits per heavy atom. The Morgan fingerprint density at radius 1 is 1.19 bits per heavy atom. The normalized spacial score (nSPS) is 21.0. The first-order chi connectivity index (χ1) is 25.2. The van der Waals surface area contributed by atoms with Crippen LogP contribution < -0.4 is 24.6 Å². The standard InChI is InChI=1S/C34H34F2IN6O9P/c1-16(2)24(30(45)50-14-18-9-11-19(35)13-21(18)36)42-53(47)52-26-20-8-6-5-7-17(20)10-12-22(26)49-15-23-27(44)34(3,46)31(51-23)43-28-25(39-32(43)37)29(48-4)41-33(38)40-28/h5-13,16,23-24,27,31,44,46H,14-15H2,1-4H3,(H2,38,40,41)/t23-,24+,27-,31-,34-/m1/s1. The number of ether oxygens (including phenoxy) is 4. The summed E-state index contributed by atoms with van der Waals surface area (Å²) in [6, 6.07) is 12.0. The number of carbonyl (C=O) groups is 1. The quantitative estimate of drug-likeness (QED) is 0.0682. The number of halogens is 3. The number of imidazole rings is 1. The Kier molecular flexibility index (Phi) is 11.3. The molecule has 0 amide bonds. The molecule has 15 nitrogen and oxygen atoms in total. The number of benzene rings is 3. The average molecular weight is 867 g/mol. The summed E-state index contributed by atoms with van der Waals surface area (Å²) >= 11 is 1.93. The van der Waals surface area contributed by atoms with Crippen molar-refractivity contribution < 1.29 is 52.2 Å². The minimum Gasteiger partial charge on any atom is -0.575 e. The number of nitrogen functional groups attached to an aromatic ring is 1. The van der Waals surface area contributed by atoms with Crippen molar-refractivity contribution in [2.75, 3.05) is 19.5 Å². The summed E-state index contributed by atoms with van der Waals surface area (Å²) in [5.41, 5.74) is 4.46. The molecule has 1 saturated heterocycles. The summed E-state index contributed by atoms with van der Waals surface area (Å²) in [6.45, 7) is 3.92. The molecule has 1 unspecified atom stereocenters. The number of hydrogen-bond acceptors (Lipinski definition) is 14. The number of hydrogen-bond donors (Lipinski definition) is 3. The summed E-state index contributed by atoms with van der Waals surface area (Å²) in [7, 11) is -1.52. The number of nitrogens with two attached hydrogens (primary N) is 1. The van der Waals surface area contributed by atoms with E-state index >= 15 is 0 Å². The first-order valence-electron chi connectivity index (χ1n) is 16.1. The van der Waals surface area contributed by atoms with Crippen LogP contribution in [0.3, 0.4) is 0 Å². The van der Waals surface area contributed by atoms with E-state index in [1.807, 2.05) is 22.6 Å². The van der Waals surface area contributed by atoms with Gasteiger partial charge in [0.2, 0.25) is 17.6 Å². The number of methoxy groups -OCH3 is 1.